The molecule has 4 aromatic carbocycles. The number of rotatable bonds is 13. The van der Waals surface area contributed by atoms with Crippen molar-refractivity contribution in [2.45, 2.75) is 98.9 Å². The van der Waals surface area contributed by atoms with Crippen LogP contribution in [0.15, 0.2) is 94.9 Å². The van der Waals surface area contributed by atoms with Gasteiger partial charge in [0.2, 0.25) is 16.0 Å². The number of carbonyl (C=O) groups is 1. The van der Waals surface area contributed by atoms with E-state index in [1.54, 1.807) is 67.1 Å². The third-order valence-electron chi connectivity index (χ3n) is 11.9. The largest absolute Gasteiger partial charge is 0.488 e. The Morgan fingerprint density at radius 2 is 1.79 bits per heavy atom. The molecule has 0 radical (unpaired) electrons. The number of hydrogen-bond donors (Lipinski definition) is 3. The van der Waals surface area contributed by atoms with Crippen LogP contribution in [0.5, 0.6) is 5.75 Å². The normalized spacial score (nSPS) is 19.3. The van der Waals surface area contributed by atoms with Crippen LogP contribution in [0, 0.1) is 6.92 Å². The zero-order valence-electron chi connectivity index (χ0n) is 35.5. The van der Waals surface area contributed by atoms with Gasteiger partial charge >= 0.3 is 5.97 Å². The average molecular weight is 914 g/mol. The minimum Gasteiger partial charge on any atom is -0.488 e. The number of ether oxygens (including phenoxy) is 1. The Morgan fingerprint density at radius 1 is 1.03 bits per heavy atom. The van der Waals surface area contributed by atoms with Gasteiger partial charge in [-0.25, -0.2) is 26.5 Å². The van der Waals surface area contributed by atoms with Crippen molar-refractivity contribution in [3.05, 3.63) is 118 Å². The number of carboxylic acids is 1. The van der Waals surface area contributed by atoms with Crippen molar-refractivity contribution >= 4 is 65.9 Å². The van der Waals surface area contributed by atoms with Gasteiger partial charge in [-0.2, -0.15) is 9.29 Å². The molecule has 2 aliphatic rings. The second-order valence-corrected chi connectivity index (χ2v) is 21.4. The Bertz CT molecular complexity index is 2940. The van der Waals surface area contributed by atoms with E-state index in [1.807, 2.05) is 45.2 Å². The number of benzene rings is 4. The quantitative estimate of drug-likeness (QED) is 0.101. The lowest BCUT2D eigenvalue weighted by atomic mass is 9.84. The van der Waals surface area contributed by atoms with E-state index in [2.05, 4.69) is 37.0 Å². The van der Waals surface area contributed by atoms with Gasteiger partial charge in [-0.1, -0.05) is 65.3 Å². The van der Waals surface area contributed by atoms with E-state index in [-0.39, 0.29) is 52.1 Å². The van der Waals surface area contributed by atoms with Crippen molar-refractivity contribution in [1.82, 2.24) is 29.3 Å². The standard InChI is InChI=1S/C45H49ClN8O7S2/c1-26(2)62(57,58)40-12-8-6-10-37(40)49-44-36(46)23-47-45(50-44)48-33-17-16-30(19-33)35-20-31(21-38-43(35)53(5)52-51-38)34(22-42(55)56)29-15-14-27(3)32(18-29)25-54-24-28(4)61-39-11-7-9-13-41(39)63(54,59)60/h6-15,18,20-21,23,26,28,30,33-34H,16-17,19,22,24-25H2,1-5H3,(H,55,56)(H2,47,48,49,50). The van der Waals surface area contributed by atoms with Crippen LogP contribution < -0.4 is 15.4 Å². The molecule has 18 heteroatoms. The highest BCUT2D eigenvalue weighted by Crippen LogP contribution is 2.42. The van der Waals surface area contributed by atoms with Gasteiger partial charge in [-0.15, -0.1) is 5.10 Å². The fraction of sp³-hybridized carbons (Fsp3) is 0.356. The van der Waals surface area contributed by atoms with Crippen molar-refractivity contribution in [2.24, 2.45) is 7.05 Å². The van der Waals surface area contributed by atoms with Gasteiger partial charge in [0.1, 0.15) is 27.3 Å². The Balaban J connectivity index is 1.07. The molecular formula is C45H49ClN8O7S2. The van der Waals surface area contributed by atoms with Gasteiger partial charge in [0.25, 0.3) is 0 Å². The zero-order chi connectivity index (χ0) is 44.8. The van der Waals surface area contributed by atoms with Crippen LogP contribution in [0.4, 0.5) is 17.5 Å². The molecule has 0 saturated heterocycles. The lowest BCUT2D eigenvalue weighted by molar-refractivity contribution is -0.137. The van der Waals surface area contributed by atoms with E-state index in [1.165, 1.54) is 10.5 Å². The van der Waals surface area contributed by atoms with Crippen molar-refractivity contribution in [2.75, 3.05) is 17.2 Å². The summed E-state index contributed by atoms with van der Waals surface area (Å²) in [5.41, 5.74) is 5.99. The van der Waals surface area contributed by atoms with Crippen LogP contribution in [-0.4, -0.2) is 81.1 Å². The molecule has 15 nitrogen and oxygen atoms in total. The molecule has 1 fully saturated rings. The summed E-state index contributed by atoms with van der Waals surface area (Å²) in [5.74, 6) is -0.614. The Hall–Kier alpha value is -5.62. The van der Waals surface area contributed by atoms with Crippen LogP contribution >= 0.6 is 11.6 Å². The molecule has 0 amide bonds. The summed E-state index contributed by atoms with van der Waals surface area (Å²) >= 11 is 6.52. The van der Waals surface area contributed by atoms with E-state index in [9.17, 15) is 26.7 Å². The minimum absolute atomic E-state index is 0.0395. The number of sulfonamides is 1. The molecule has 1 aliphatic carbocycles. The third-order valence-corrected chi connectivity index (χ3v) is 16.3. The fourth-order valence-electron chi connectivity index (χ4n) is 8.63. The molecule has 330 valence electrons. The number of fused-ring (bicyclic) bond motifs is 2. The summed E-state index contributed by atoms with van der Waals surface area (Å²) < 4.78 is 63.3. The Labute approximate surface area is 371 Å². The van der Waals surface area contributed by atoms with Gasteiger partial charge in [-0.05, 0) is 111 Å². The minimum atomic E-state index is -3.90. The third kappa shape index (κ3) is 8.96. The Kier molecular flexibility index (Phi) is 12.2. The van der Waals surface area contributed by atoms with E-state index < -0.39 is 43.1 Å². The number of halogens is 1. The average Bonchev–Trinajstić information content (AvgIpc) is 3.85. The molecule has 1 saturated carbocycles. The summed E-state index contributed by atoms with van der Waals surface area (Å²) in [4.78, 5) is 21.9. The zero-order valence-corrected chi connectivity index (χ0v) is 37.9. The maximum Gasteiger partial charge on any atom is 0.304 e. The lowest BCUT2D eigenvalue weighted by Gasteiger charge is -2.24. The monoisotopic (exact) mass is 912 g/mol. The maximum absolute atomic E-state index is 14.0. The number of aryl methyl sites for hydroxylation is 2. The van der Waals surface area contributed by atoms with Crippen LogP contribution in [0.1, 0.15) is 86.1 Å². The molecular weight excluding hydrogens is 864 g/mol. The van der Waals surface area contributed by atoms with Crippen LogP contribution in [0.3, 0.4) is 0 Å². The second-order valence-electron chi connectivity index (χ2n) is 16.7. The number of nitrogens with zero attached hydrogens (tertiary/aromatic N) is 6. The Morgan fingerprint density at radius 3 is 2.57 bits per heavy atom. The van der Waals surface area contributed by atoms with E-state index in [0.29, 0.717) is 29.3 Å². The number of carboxylic acid groups (broad SMARTS) is 1. The van der Waals surface area contributed by atoms with Gasteiger partial charge in [0.15, 0.2) is 15.7 Å². The van der Waals surface area contributed by atoms with Crippen LogP contribution in [-0.2, 0) is 38.2 Å². The molecule has 1 aliphatic heterocycles. The molecule has 3 heterocycles. The topological polar surface area (TPSA) is 199 Å². The number of nitrogens with one attached hydrogen (secondary N) is 2. The van der Waals surface area contributed by atoms with Crippen LogP contribution in [0.25, 0.3) is 11.0 Å². The summed E-state index contributed by atoms with van der Waals surface area (Å²) in [6, 6.07) is 23.0. The highest BCUT2D eigenvalue weighted by atomic mass is 35.5. The predicted molar refractivity (Wildman–Crippen MR) is 241 cm³/mol. The molecule has 63 heavy (non-hydrogen) atoms. The first-order valence-corrected chi connectivity index (χ1v) is 24.1. The summed E-state index contributed by atoms with van der Waals surface area (Å²) in [6.45, 7) is 7.25. The maximum atomic E-state index is 14.0. The fourth-order valence-corrected chi connectivity index (χ4v) is 11.6. The number of aliphatic carboxylic acids is 1. The van der Waals surface area contributed by atoms with Gasteiger partial charge in [0, 0.05) is 25.6 Å². The van der Waals surface area contributed by atoms with E-state index in [0.717, 1.165) is 46.2 Å². The number of aromatic nitrogens is 5. The first kappa shape index (κ1) is 44.0. The first-order chi connectivity index (χ1) is 30.0. The van der Waals surface area contributed by atoms with Crippen molar-refractivity contribution < 1.29 is 31.5 Å². The lowest BCUT2D eigenvalue weighted by Crippen LogP contribution is -2.35. The summed E-state index contributed by atoms with van der Waals surface area (Å²) in [6.07, 6.45) is 3.14. The van der Waals surface area contributed by atoms with Crippen molar-refractivity contribution in [3.63, 3.8) is 0 Å². The number of hydrogen-bond acceptors (Lipinski definition) is 12. The smallest absolute Gasteiger partial charge is 0.304 e. The number of para-hydroxylation sites is 2. The molecule has 4 atom stereocenters. The molecule has 0 spiro atoms. The van der Waals surface area contributed by atoms with Gasteiger partial charge < -0.3 is 20.5 Å². The van der Waals surface area contributed by atoms with E-state index >= 15 is 0 Å². The molecule has 3 N–H and O–H groups in total. The number of sulfone groups is 1. The SMILES string of the molecule is Cc1ccc(C(CC(=O)O)c2cc(C3CCC(Nc4ncc(Cl)c(Nc5ccccc5S(=O)(=O)C(C)C)n4)C3)c3c(c2)nnn3C)cc1CN1CC(C)Oc2ccccc2S1(=O)=O. The highest BCUT2D eigenvalue weighted by Gasteiger charge is 2.35. The van der Waals surface area contributed by atoms with Gasteiger partial charge in [0.05, 0.1) is 40.5 Å². The molecule has 4 unspecified atom stereocenters. The number of anilines is 3. The molecule has 8 rings (SSSR count). The van der Waals surface area contributed by atoms with Crippen LogP contribution in [0.2, 0.25) is 5.02 Å². The molecule has 2 aromatic heterocycles. The summed E-state index contributed by atoms with van der Waals surface area (Å²) in [5, 5.41) is 25.3. The van der Waals surface area contributed by atoms with Crippen molar-refractivity contribution in [3.8, 4) is 5.75 Å². The predicted octanol–water partition coefficient (Wildman–Crippen LogP) is 7.97. The van der Waals surface area contributed by atoms with E-state index in [4.69, 9.17) is 16.3 Å². The van der Waals surface area contributed by atoms with Gasteiger partial charge in [-0.3, -0.25) is 4.79 Å². The second kappa shape index (κ2) is 17.5. The highest BCUT2D eigenvalue weighted by molar-refractivity contribution is 7.92. The van der Waals surface area contributed by atoms with Crippen molar-refractivity contribution in [1.29, 1.82) is 0 Å². The molecule has 0 bridgehead atoms. The summed E-state index contributed by atoms with van der Waals surface area (Å²) in [7, 11) is -5.67. The first-order valence-electron chi connectivity index (χ1n) is 20.8. The molecule has 6 aromatic rings.